The molecule has 2 nitrogen and oxygen atoms in total. The predicted molar refractivity (Wildman–Crippen MR) is 121 cm³/mol. The lowest BCUT2D eigenvalue weighted by molar-refractivity contribution is 0.0215. The first-order valence-corrected chi connectivity index (χ1v) is 11.0. The summed E-state index contributed by atoms with van der Waals surface area (Å²) in [5.74, 6) is -1.03. The molecule has 4 heteroatoms. The molecule has 0 aromatic heterocycles. The fraction of sp³-hybridized carbons (Fsp3) is 0.296. The van der Waals surface area contributed by atoms with E-state index in [-0.39, 0.29) is 23.6 Å². The number of nitrogens with zero attached hydrogens (tertiary/aromatic N) is 2. The molecule has 2 bridgehead atoms. The minimum absolute atomic E-state index is 0.0376. The maximum atomic E-state index is 14.3. The molecular formula is C27H26F2N2. The molecule has 3 aliphatic heterocycles. The standard InChI is InChI=1S/C27H26F2N2/c28-23-13-7-12-22(25(23)29)18-30-26-21-14-16-31(17-15-21)27(26)24(19-8-3-1-4-9-19)20-10-5-2-6-11-20/h1-13,18,21,24,26-27H,14-17H2/t26-,27+/m1/s1. The van der Waals surface area contributed by atoms with E-state index in [9.17, 15) is 8.78 Å². The van der Waals surface area contributed by atoms with Crippen LogP contribution in [-0.4, -0.2) is 36.3 Å². The van der Waals surface area contributed by atoms with E-state index in [1.165, 1.54) is 17.2 Å². The van der Waals surface area contributed by atoms with Crippen LogP contribution in [0.15, 0.2) is 83.9 Å². The van der Waals surface area contributed by atoms with Gasteiger partial charge >= 0.3 is 0 Å². The number of hydrogen-bond acceptors (Lipinski definition) is 2. The van der Waals surface area contributed by atoms with Gasteiger partial charge in [0.2, 0.25) is 0 Å². The Hall–Kier alpha value is -2.85. The van der Waals surface area contributed by atoms with Crippen molar-refractivity contribution in [2.24, 2.45) is 10.9 Å². The summed E-state index contributed by atoms with van der Waals surface area (Å²) in [5, 5.41) is 0. The molecule has 0 radical (unpaired) electrons. The van der Waals surface area contributed by atoms with Gasteiger partial charge in [0, 0.05) is 23.7 Å². The van der Waals surface area contributed by atoms with E-state index < -0.39 is 11.6 Å². The highest BCUT2D eigenvalue weighted by Gasteiger charge is 2.46. The molecule has 0 saturated carbocycles. The van der Waals surface area contributed by atoms with Crippen LogP contribution >= 0.6 is 0 Å². The van der Waals surface area contributed by atoms with Crippen molar-refractivity contribution in [3.05, 3.63) is 107 Å². The molecule has 2 atom stereocenters. The summed E-state index contributed by atoms with van der Waals surface area (Å²) in [6, 6.07) is 25.7. The molecule has 0 N–H and O–H groups in total. The lowest BCUT2D eigenvalue weighted by Crippen LogP contribution is -2.59. The maximum Gasteiger partial charge on any atom is 0.167 e. The molecule has 3 aromatic carbocycles. The minimum Gasteiger partial charge on any atom is -0.297 e. The molecule has 158 valence electrons. The van der Waals surface area contributed by atoms with Crippen LogP contribution in [0.2, 0.25) is 0 Å². The van der Waals surface area contributed by atoms with Gasteiger partial charge in [0.15, 0.2) is 11.6 Å². The van der Waals surface area contributed by atoms with Gasteiger partial charge in [-0.15, -0.1) is 0 Å². The maximum absolute atomic E-state index is 14.3. The van der Waals surface area contributed by atoms with Crippen LogP contribution in [0.4, 0.5) is 8.78 Å². The van der Waals surface area contributed by atoms with E-state index in [1.807, 2.05) is 12.1 Å². The van der Waals surface area contributed by atoms with Crippen molar-refractivity contribution in [2.75, 3.05) is 13.1 Å². The van der Waals surface area contributed by atoms with Crippen LogP contribution in [0.3, 0.4) is 0 Å². The molecule has 0 spiro atoms. The van der Waals surface area contributed by atoms with Gasteiger partial charge in [-0.1, -0.05) is 72.8 Å². The summed E-state index contributed by atoms with van der Waals surface area (Å²) < 4.78 is 28.0. The van der Waals surface area contributed by atoms with E-state index in [1.54, 1.807) is 12.3 Å². The highest BCUT2D eigenvalue weighted by atomic mass is 19.2. The summed E-state index contributed by atoms with van der Waals surface area (Å²) in [7, 11) is 0. The molecule has 3 saturated heterocycles. The summed E-state index contributed by atoms with van der Waals surface area (Å²) in [5.41, 5.74) is 2.75. The zero-order valence-electron chi connectivity index (χ0n) is 17.4. The summed E-state index contributed by atoms with van der Waals surface area (Å²) in [6.07, 6.45) is 3.74. The van der Waals surface area contributed by atoms with E-state index in [4.69, 9.17) is 4.99 Å². The van der Waals surface area contributed by atoms with Crippen molar-refractivity contribution in [2.45, 2.75) is 30.8 Å². The monoisotopic (exact) mass is 416 g/mol. The molecule has 3 fully saturated rings. The Labute approximate surface area is 182 Å². The number of hydrogen-bond donors (Lipinski definition) is 0. The molecule has 31 heavy (non-hydrogen) atoms. The minimum atomic E-state index is -0.833. The second-order valence-corrected chi connectivity index (χ2v) is 8.57. The van der Waals surface area contributed by atoms with Crippen LogP contribution in [0.25, 0.3) is 0 Å². The number of halogens is 2. The molecule has 0 aliphatic carbocycles. The second kappa shape index (κ2) is 8.72. The topological polar surface area (TPSA) is 15.6 Å². The van der Waals surface area contributed by atoms with Crippen molar-refractivity contribution in [1.82, 2.24) is 4.90 Å². The van der Waals surface area contributed by atoms with Crippen LogP contribution in [-0.2, 0) is 0 Å². The number of piperidine rings is 3. The average Bonchev–Trinajstić information content (AvgIpc) is 2.83. The highest BCUT2D eigenvalue weighted by molar-refractivity contribution is 5.80. The Morgan fingerprint density at radius 2 is 1.42 bits per heavy atom. The molecule has 3 heterocycles. The number of fused-ring (bicyclic) bond motifs is 3. The van der Waals surface area contributed by atoms with Crippen molar-refractivity contribution >= 4 is 6.21 Å². The molecule has 3 aromatic rings. The van der Waals surface area contributed by atoms with E-state index >= 15 is 0 Å². The smallest absolute Gasteiger partial charge is 0.167 e. The van der Waals surface area contributed by atoms with Crippen LogP contribution in [0.1, 0.15) is 35.4 Å². The Kier molecular flexibility index (Phi) is 5.65. The third-order valence-corrected chi connectivity index (χ3v) is 6.85. The van der Waals surface area contributed by atoms with Crippen LogP contribution in [0, 0.1) is 17.6 Å². The Morgan fingerprint density at radius 3 is 2.03 bits per heavy atom. The number of rotatable bonds is 5. The van der Waals surface area contributed by atoms with Crippen molar-refractivity contribution in [3.8, 4) is 0 Å². The van der Waals surface area contributed by atoms with Crippen molar-refractivity contribution in [1.29, 1.82) is 0 Å². The highest BCUT2D eigenvalue weighted by Crippen LogP contribution is 2.43. The van der Waals surface area contributed by atoms with Gasteiger partial charge in [-0.3, -0.25) is 9.89 Å². The molecule has 6 rings (SSSR count). The molecule has 0 amide bonds. The van der Waals surface area contributed by atoms with Gasteiger partial charge in [-0.05, 0) is 49.0 Å². The second-order valence-electron chi connectivity index (χ2n) is 8.57. The zero-order valence-corrected chi connectivity index (χ0v) is 17.4. The normalized spacial score (nSPS) is 25.4. The first-order valence-electron chi connectivity index (χ1n) is 11.0. The third-order valence-electron chi connectivity index (χ3n) is 6.85. The van der Waals surface area contributed by atoms with E-state index in [2.05, 4.69) is 53.4 Å². The summed E-state index contributed by atoms with van der Waals surface area (Å²) in [4.78, 5) is 7.47. The molecule has 0 unspecified atom stereocenters. The van der Waals surface area contributed by atoms with Crippen LogP contribution < -0.4 is 0 Å². The van der Waals surface area contributed by atoms with E-state index in [0.717, 1.165) is 32.0 Å². The Bertz CT molecular complexity index is 1000. The number of aliphatic imine (C=N–C) groups is 1. The average molecular weight is 417 g/mol. The van der Waals surface area contributed by atoms with Gasteiger partial charge < -0.3 is 0 Å². The predicted octanol–water partition coefficient (Wildman–Crippen LogP) is 5.68. The first kappa shape index (κ1) is 20.1. The Morgan fingerprint density at radius 1 is 0.806 bits per heavy atom. The summed E-state index contributed by atoms with van der Waals surface area (Å²) >= 11 is 0. The van der Waals surface area contributed by atoms with Crippen LogP contribution in [0.5, 0.6) is 0 Å². The van der Waals surface area contributed by atoms with E-state index in [0.29, 0.717) is 5.92 Å². The van der Waals surface area contributed by atoms with Gasteiger partial charge in [0.25, 0.3) is 0 Å². The van der Waals surface area contributed by atoms with Gasteiger partial charge in [0.1, 0.15) is 0 Å². The lowest BCUT2D eigenvalue weighted by atomic mass is 9.71. The fourth-order valence-corrected chi connectivity index (χ4v) is 5.37. The third kappa shape index (κ3) is 3.92. The lowest BCUT2D eigenvalue weighted by Gasteiger charge is -2.52. The fourth-order valence-electron chi connectivity index (χ4n) is 5.37. The quantitative estimate of drug-likeness (QED) is 0.489. The largest absolute Gasteiger partial charge is 0.297 e. The first-order chi connectivity index (χ1) is 15.2. The summed E-state index contributed by atoms with van der Waals surface area (Å²) in [6.45, 7) is 2.12. The zero-order chi connectivity index (χ0) is 21.2. The Balaban J connectivity index is 1.56. The SMILES string of the molecule is Fc1cccc(C=N[C@@H]2C3CCN(CC3)[C@H]2C(c2ccccc2)c2ccccc2)c1F. The van der Waals surface area contributed by atoms with Gasteiger partial charge in [-0.2, -0.15) is 0 Å². The number of benzene rings is 3. The van der Waals surface area contributed by atoms with Gasteiger partial charge in [-0.25, -0.2) is 8.78 Å². The molecule has 3 aliphatic rings. The molecular weight excluding hydrogens is 390 g/mol. The van der Waals surface area contributed by atoms with Crippen molar-refractivity contribution in [3.63, 3.8) is 0 Å². The van der Waals surface area contributed by atoms with Crippen molar-refractivity contribution < 1.29 is 8.78 Å². The van der Waals surface area contributed by atoms with Gasteiger partial charge in [0.05, 0.1) is 6.04 Å².